The number of fused-ring (bicyclic) bond motifs is 1. The van der Waals surface area contributed by atoms with Crippen LogP contribution in [0.5, 0.6) is 0 Å². The van der Waals surface area contributed by atoms with E-state index < -0.39 is 30.9 Å². The first kappa shape index (κ1) is 38.4. The summed E-state index contributed by atoms with van der Waals surface area (Å²) in [6.45, 7) is 5.93. The number of amides is 5. The number of hydrogen-bond acceptors (Lipinski definition) is 9. The van der Waals surface area contributed by atoms with E-state index in [2.05, 4.69) is 27.5 Å². The number of H-pyrrole nitrogens is 1. The quantitative estimate of drug-likeness (QED) is 0.0322. The Morgan fingerprint density at radius 3 is 2.28 bits per heavy atom. The third kappa shape index (κ3) is 9.96. The topological polar surface area (TPSA) is 203 Å². The standard InChI is InChI=1S/C37H41BN6O9/c1-2-28-24-43(35(47)25-8-4-3-5-9-25)16-17-44(28)36(48)33(45)30-23-41-32-29(30)12-7-13-31(32)42-37(49)40-15-19-53-21-20-52-18-14-39-34(46)26-10-6-11-27(22-26)38(50)51/h2-13,22-23,28,41,50-51H,1,14-21,24H2,(H,39,46)(H2,40,42,49)/t28-/m1/s1. The van der Waals surface area contributed by atoms with Crippen molar-refractivity contribution >= 4 is 58.7 Å². The maximum Gasteiger partial charge on any atom is 0.488 e. The molecular weight excluding hydrogens is 683 g/mol. The molecule has 6 N–H and O–H groups in total. The third-order valence-electron chi connectivity index (χ3n) is 8.54. The predicted molar refractivity (Wildman–Crippen MR) is 198 cm³/mol. The van der Waals surface area contributed by atoms with Gasteiger partial charge in [-0.2, -0.15) is 0 Å². The minimum Gasteiger partial charge on any atom is -0.423 e. The molecule has 1 fully saturated rings. The zero-order chi connectivity index (χ0) is 37.7. The van der Waals surface area contributed by atoms with Gasteiger partial charge < -0.3 is 50.3 Å². The van der Waals surface area contributed by atoms with Gasteiger partial charge in [0.05, 0.1) is 49.2 Å². The number of Topliss-reactive ketones (excluding diaryl/α,β-unsaturated/α-hetero) is 1. The van der Waals surface area contributed by atoms with Crippen molar-refractivity contribution in [2.75, 3.05) is 64.5 Å². The lowest BCUT2D eigenvalue weighted by Crippen LogP contribution is -2.57. The zero-order valence-corrected chi connectivity index (χ0v) is 29.0. The molecule has 16 heteroatoms. The third-order valence-corrected chi connectivity index (χ3v) is 8.54. The highest BCUT2D eigenvalue weighted by molar-refractivity contribution is 6.58. The molecule has 3 aromatic carbocycles. The highest BCUT2D eigenvalue weighted by Gasteiger charge is 2.35. The van der Waals surface area contributed by atoms with E-state index in [4.69, 9.17) is 9.47 Å². The van der Waals surface area contributed by atoms with Crippen LogP contribution in [-0.4, -0.2) is 127 Å². The number of carbonyl (C=O) groups is 5. The van der Waals surface area contributed by atoms with Gasteiger partial charge in [0.1, 0.15) is 0 Å². The van der Waals surface area contributed by atoms with Crippen molar-refractivity contribution in [3.8, 4) is 0 Å². The largest absolute Gasteiger partial charge is 0.488 e. The van der Waals surface area contributed by atoms with Gasteiger partial charge >= 0.3 is 13.1 Å². The molecule has 276 valence electrons. The van der Waals surface area contributed by atoms with Crippen molar-refractivity contribution in [2.24, 2.45) is 0 Å². The second-order valence-corrected chi connectivity index (χ2v) is 12.0. The SMILES string of the molecule is C=C[C@@H]1CN(C(=O)c2ccccc2)CCN1C(=O)C(=O)c1c[nH]c2c(NC(=O)NCCOCCOCCNC(=O)c3cccc(B(O)O)c3)cccc12. The van der Waals surface area contributed by atoms with Gasteiger partial charge in [0.15, 0.2) is 0 Å². The Labute approximate surface area is 306 Å². The molecule has 0 unspecified atom stereocenters. The highest BCUT2D eigenvalue weighted by Crippen LogP contribution is 2.27. The summed E-state index contributed by atoms with van der Waals surface area (Å²) in [4.78, 5) is 70.8. The van der Waals surface area contributed by atoms with E-state index in [0.29, 0.717) is 27.7 Å². The number of para-hydroxylation sites is 1. The van der Waals surface area contributed by atoms with E-state index in [1.165, 1.54) is 23.2 Å². The van der Waals surface area contributed by atoms with Gasteiger partial charge in [0, 0.05) is 55.4 Å². The molecule has 1 atom stereocenters. The first-order chi connectivity index (χ1) is 25.7. The van der Waals surface area contributed by atoms with Crippen molar-refractivity contribution in [1.29, 1.82) is 0 Å². The van der Waals surface area contributed by atoms with Gasteiger partial charge in [-0.05, 0) is 35.8 Å². The molecule has 0 aliphatic carbocycles. The first-order valence-electron chi connectivity index (χ1n) is 17.0. The molecule has 5 amide bonds. The molecular formula is C37H41BN6O9. The fraction of sp³-hybridized carbons (Fsp3) is 0.270. The van der Waals surface area contributed by atoms with Crippen LogP contribution in [0.4, 0.5) is 10.5 Å². The van der Waals surface area contributed by atoms with Gasteiger partial charge in [0.2, 0.25) is 0 Å². The lowest BCUT2D eigenvalue weighted by atomic mass is 9.79. The molecule has 2 heterocycles. The summed E-state index contributed by atoms with van der Waals surface area (Å²) in [5, 5.41) is 27.1. The van der Waals surface area contributed by atoms with Gasteiger partial charge in [-0.1, -0.05) is 48.5 Å². The molecule has 15 nitrogen and oxygen atoms in total. The average Bonchev–Trinajstić information content (AvgIpc) is 3.63. The Balaban J connectivity index is 1.02. The fourth-order valence-electron chi connectivity index (χ4n) is 5.81. The molecule has 1 aliphatic heterocycles. The van der Waals surface area contributed by atoms with Crippen molar-refractivity contribution in [3.63, 3.8) is 0 Å². The Morgan fingerprint density at radius 1 is 0.868 bits per heavy atom. The molecule has 4 aromatic rings. The van der Waals surface area contributed by atoms with Crippen LogP contribution in [-0.2, 0) is 14.3 Å². The van der Waals surface area contributed by atoms with Crippen molar-refractivity contribution in [2.45, 2.75) is 6.04 Å². The maximum atomic E-state index is 13.5. The van der Waals surface area contributed by atoms with Crippen LogP contribution < -0.4 is 21.4 Å². The second kappa shape index (κ2) is 18.6. The Morgan fingerprint density at radius 2 is 1.57 bits per heavy atom. The lowest BCUT2D eigenvalue weighted by Gasteiger charge is -2.39. The predicted octanol–water partition coefficient (Wildman–Crippen LogP) is 1.15. The Hall–Kier alpha value is -5.81. The fourth-order valence-corrected chi connectivity index (χ4v) is 5.81. The van der Waals surface area contributed by atoms with E-state index >= 15 is 0 Å². The Kier molecular flexibility index (Phi) is 13.5. The van der Waals surface area contributed by atoms with Gasteiger partial charge in [-0.25, -0.2) is 4.79 Å². The summed E-state index contributed by atoms with van der Waals surface area (Å²) < 4.78 is 10.9. The van der Waals surface area contributed by atoms with Crippen LogP contribution in [0.1, 0.15) is 31.1 Å². The van der Waals surface area contributed by atoms with E-state index in [1.54, 1.807) is 65.6 Å². The molecule has 1 aromatic heterocycles. The molecule has 0 radical (unpaired) electrons. The minimum atomic E-state index is -1.66. The van der Waals surface area contributed by atoms with Crippen LogP contribution in [0.25, 0.3) is 10.9 Å². The number of hydrogen-bond donors (Lipinski definition) is 6. The number of aromatic amines is 1. The lowest BCUT2D eigenvalue weighted by molar-refractivity contribution is -0.129. The van der Waals surface area contributed by atoms with Crippen LogP contribution in [0.15, 0.2) is 91.6 Å². The van der Waals surface area contributed by atoms with Gasteiger partial charge in [0.25, 0.3) is 23.5 Å². The van der Waals surface area contributed by atoms with Crippen LogP contribution in [0, 0.1) is 0 Å². The summed E-state index contributed by atoms with van der Waals surface area (Å²) in [6.07, 6.45) is 3.00. The summed E-state index contributed by atoms with van der Waals surface area (Å²) in [5.74, 6) is -1.95. The summed E-state index contributed by atoms with van der Waals surface area (Å²) in [7, 11) is -1.66. The molecule has 0 spiro atoms. The van der Waals surface area contributed by atoms with Crippen molar-refractivity contribution in [1.82, 2.24) is 25.4 Å². The molecule has 1 aliphatic rings. The molecule has 5 rings (SSSR count). The van der Waals surface area contributed by atoms with Crippen molar-refractivity contribution in [3.05, 3.63) is 108 Å². The number of ether oxygens (including phenoxy) is 2. The first-order valence-corrected chi connectivity index (χ1v) is 17.0. The number of rotatable bonds is 16. The van der Waals surface area contributed by atoms with E-state index in [0.717, 1.165) is 0 Å². The monoisotopic (exact) mass is 724 g/mol. The average molecular weight is 725 g/mol. The number of urea groups is 1. The summed E-state index contributed by atoms with van der Waals surface area (Å²) >= 11 is 0. The maximum absolute atomic E-state index is 13.5. The van der Waals surface area contributed by atoms with E-state index in [-0.39, 0.29) is 82.0 Å². The molecule has 0 saturated carbocycles. The van der Waals surface area contributed by atoms with Crippen LogP contribution in [0.3, 0.4) is 0 Å². The zero-order valence-electron chi connectivity index (χ0n) is 29.0. The molecule has 0 bridgehead atoms. The molecule has 1 saturated heterocycles. The number of anilines is 1. The van der Waals surface area contributed by atoms with Gasteiger partial charge in [-0.3, -0.25) is 19.2 Å². The van der Waals surface area contributed by atoms with Crippen molar-refractivity contribution < 1.29 is 43.5 Å². The number of carbonyl (C=O) groups excluding carboxylic acids is 5. The number of ketones is 1. The van der Waals surface area contributed by atoms with E-state index in [1.807, 2.05) is 6.07 Å². The summed E-state index contributed by atoms with van der Waals surface area (Å²) in [5.41, 5.74) is 2.10. The smallest absolute Gasteiger partial charge is 0.423 e. The number of nitrogens with one attached hydrogen (secondary N) is 4. The minimum absolute atomic E-state index is 0.154. The number of aromatic nitrogens is 1. The summed E-state index contributed by atoms with van der Waals surface area (Å²) in [6, 6.07) is 18.9. The number of nitrogens with zero attached hydrogens (tertiary/aromatic N) is 2. The number of benzene rings is 3. The molecule has 53 heavy (non-hydrogen) atoms. The number of piperazine rings is 1. The van der Waals surface area contributed by atoms with Gasteiger partial charge in [-0.15, -0.1) is 6.58 Å². The Bertz CT molecular complexity index is 1940. The van der Waals surface area contributed by atoms with E-state index in [9.17, 15) is 34.0 Å². The second-order valence-electron chi connectivity index (χ2n) is 12.0. The van der Waals surface area contributed by atoms with Crippen LogP contribution >= 0.6 is 0 Å². The van der Waals surface area contributed by atoms with Crippen LogP contribution in [0.2, 0.25) is 0 Å². The highest BCUT2D eigenvalue weighted by atomic mass is 16.5. The normalized spacial score (nSPS) is 14.0.